The van der Waals surface area contributed by atoms with Crippen LogP contribution in [0.5, 0.6) is 0 Å². The number of nitrogens with zero attached hydrogens (tertiary/aromatic N) is 1. The van der Waals surface area contributed by atoms with Crippen molar-refractivity contribution in [3.63, 3.8) is 0 Å². The Kier molecular flexibility index (Phi) is 5.92. The molecule has 0 heterocycles. The van der Waals surface area contributed by atoms with Gasteiger partial charge in [-0.15, -0.1) is 11.6 Å². The second-order valence-electron chi connectivity index (χ2n) is 2.97. The average molecular weight is 232 g/mol. The highest BCUT2D eigenvalue weighted by molar-refractivity contribution is 6.17. The third-order valence-corrected chi connectivity index (χ3v) is 1.95. The minimum Gasteiger partial charge on any atom is -0.345 e. The van der Waals surface area contributed by atoms with E-state index in [0.29, 0.717) is 12.3 Å². The first-order valence-corrected chi connectivity index (χ1v) is 4.77. The van der Waals surface area contributed by atoms with Crippen LogP contribution in [0.25, 0.3) is 0 Å². The Morgan fingerprint density at radius 1 is 1.43 bits per heavy atom. The molecule has 0 aromatic carbocycles. The molecule has 0 saturated heterocycles. The van der Waals surface area contributed by atoms with Gasteiger partial charge in [-0.1, -0.05) is 0 Å². The van der Waals surface area contributed by atoms with Crippen LogP contribution >= 0.6 is 11.6 Å². The zero-order chi connectivity index (χ0) is 11.2. The summed E-state index contributed by atoms with van der Waals surface area (Å²) in [6.45, 7) is -0.287. The number of alkyl halides is 4. The normalized spacial score (nSPS) is 11.5. The SMILES string of the molecule is CN(CCC(F)(F)F)C(=O)CCCCl. The van der Waals surface area contributed by atoms with Crippen LogP contribution in [0, 0.1) is 0 Å². The van der Waals surface area contributed by atoms with Crippen LogP contribution < -0.4 is 0 Å². The van der Waals surface area contributed by atoms with Crippen molar-refractivity contribution in [2.75, 3.05) is 19.5 Å². The van der Waals surface area contributed by atoms with Gasteiger partial charge in [0, 0.05) is 25.9 Å². The van der Waals surface area contributed by atoms with E-state index in [2.05, 4.69) is 0 Å². The lowest BCUT2D eigenvalue weighted by Gasteiger charge is -2.17. The Labute approximate surface area is 86.0 Å². The summed E-state index contributed by atoms with van der Waals surface area (Å²) in [5, 5.41) is 0. The second-order valence-corrected chi connectivity index (χ2v) is 3.35. The number of halogens is 4. The van der Waals surface area contributed by atoms with Gasteiger partial charge in [-0.2, -0.15) is 13.2 Å². The van der Waals surface area contributed by atoms with E-state index in [4.69, 9.17) is 11.6 Å². The van der Waals surface area contributed by atoms with E-state index in [1.54, 1.807) is 0 Å². The van der Waals surface area contributed by atoms with Gasteiger partial charge in [0.05, 0.1) is 6.42 Å². The third kappa shape index (κ3) is 7.00. The molecule has 0 unspecified atom stereocenters. The predicted molar refractivity (Wildman–Crippen MR) is 48.3 cm³/mol. The van der Waals surface area contributed by atoms with Gasteiger partial charge < -0.3 is 4.90 Å². The molecule has 6 heteroatoms. The fraction of sp³-hybridized carbons (Fsp3) is 0.875. The lowest BCUT2D eigenvalue weighted by Crippen LogP contribution is -2.30. The molecule has 1 amide bonds. The van der Waals surface area contributed by atoms with Gasteiger partial charge in [0.15, 0.2) is 0 Å². The van der Waals surface area contributed by atoms with Gasteiger partial charge in [-0.25, -0.2) is 0 Å². The van der Waals surface area contributed by atoms with E-state index in [0.717, 1.165) is 4.90 Å². The summed E-state index contributed by atoms with van der Waals surface area (Å²) in [5.74, 6) is 0.0497. The minimum absolute atomic E-state index is 0.206. The molecule has 14 heavy (non-hydrogen) atoms. The van der Waals surface area contributed by atoms with Crippen molar-refractivity contribution in [3.8, 4) is 0 Å². The minimum atomic E-state index is -4.21. The van der Waals surface area contributed by atoms with E-state index < -0.39 is 12.6 Å². The predicted octanol–water partition coefficient (Wildman–Crippen LogP) is 2.42. The van der Waals surface area contributed by atoms with E-state index >= 15 is 0 Å². The molecule has 0 aromatic rings. The van der Waals surface area contributed by atoms with Crippen LogP contribution in [0.3, 0.4) is 0 Å². The molecule has 0 N–H and O–H groups in total. The van der Waals surface area contributed by atoms with Crippen LogP contribution in [-0.4, -0.2) is 36.5 Å². The molecule has 0 rings (SSSR count). The summed E-state index contributed by atoms with van der Waals surface area (Å²) in [7, 11) is 1.36. The Morgan fingerprint density at radius 2 is 2.00 bits per heavy atom. The molecule has 0 atom stereocenters. The lowest BCUT2D eigenvalue weighted by atomic mass is 10.3. The highest BCUT2D eigenvalue weighted by Crippen LogP contribution is 2.19. The summed E-state index contributed by atoms with van der Waals surface area (Å²) in [5.41, 5.74) is 0. The number of carbonyl (C=O) groups excluding carboxylic acids is 1. The summed E-state index contributed by atoms with van der Waals surface area (Å²) in [6.07, 6.45) is -4.47. The Hall–Kier alpha value is -0.450. The summed E-state index contributed by atoms with van der Waals surface area (Å²) < 4.78 is 35.3. The van der Waals surface area contributed by atoms with Crippen molar-refractivity contribution in [2.45, 2.75) is 25.4 Å². The molecule has 0 aromatic heterocycles. The maximum Gasteiger partial charge on any atom is 0.390 e. The number of carbonyl (C=O) groups is 1. The maximum atomic E-state index is 11.8. The number of amides is 1. The van der Waals surface area contributed by atoms with Crippen LogP contribution in [0.15, 0.2) is 0 Å². The van der Waals surface area contributed by atoms with E-state index in [1.165, 1.54) is 7.05 Å². The highest BCUT2D eigenvalue weighted by atomic mass is 35.5. The fourth-order valence-electron chi connectivity index (χ4n) is 0.828. The third-order valence-electron chi connectivity index (χ3n) is 1.68. The van der Waals surface area contributed by atoms with Crippen molar-refractivity contribution in [2.24, 2.45) is 0 Å². The van der Waals surface area contributed by atoms with E-state index in [9.17, 15) is 18.0 Å². The van der Waals surface area contributed by atoms with Crippen molar-refractivity contribution in [3.05, 3.63) is 0 Å². The molecule has 0 saturated carbocycles. The van der Waals surface area contributed by atoms with Gasteiger partial charge in [0.1, 0.15) is 0 Å². The van der Waals surface area contributed by atoms with E-state index in [-0.39, 0.29) is 18.9 Å². The van der Waals surface area contributed by atoms with Gasteiger partial charge in [-0.3, -0.25) is 4.79 Å². The van der Waals surface area contributed by atoms with Gasteiger partial charge in [-0.05, 0) is 6.42 Å². The van der Waals surface area contributed by atoms with Crippen molar-refractivity contribution < 1.29 is 18.0 Å². The smallest absolute Gasteiger partial charge is 0.345 e. The quantitative estimate of drug-likeness (QED) is 0.666. The van der Waals surface area contributed by atoms with Crippen LogP contribution in [0.1, 0.15) is 19.3 Å². The molecule has 0 spiro atoms. The van der Waals surface area contributed by atoms with Crippen LogP contribution in [-0.2, 0) is 4.79 Å². The number of hydrogen-bond acceptors (Lipinski definition) is 1. The first-order valence-electron chi connectivity index (χ1n) is 4.23. The molecule has 0 bridgehead atoms. The van der Waals surface area contributed by atoms with Gasteiger partial charge in [0.25, 0.3) is 0 Å². The Balaban J connectivity index is 3.73. The van der Waals surface area contributed by atoms with Crippen molar-refractivity contribution in [1.29, 1.82) is 0 Å². The Morgan fingerprint density at radius 3 is 2.43 bits per heavy atom. The highest BCUT2D eigenvalue weighted by Gasteiger charge is 2.27. The molecule has 0 fully saturated rings. The Bertz CT molecular complexity index is 184. The molecule has 2 nitrogen and oxygen atoms in total. The fourth-order valence-corrected chi connectivity index (χ4v) is 0.962. The van der Waals surface area contributed by atoms with Crippen LogP contribution in [0.4, 0.5) is 13.2 Å². The van der Waals surface area contributed by atoms with Crippen LogP contribution in [0.2, 0.25) is 0 Å². The first-order chi connectivity index (χ1) is 6.37. The first kappa shape index (κ1) is 13.5. The molecule has 0 aliphatic carbocycles. The topological polar surface area (TPSA) is 20.3 Å². The summed E-state index contributed by atoms with van der Waals surface area (Å²) >= 11 is 5.35. The average Bonchev–Trinajstić information content (AvgIpc) is 2.09. The van der Waals surface area contributed by atoms with Crippen molar-refractivity contribution in [1.82, 2.24) is 4.90 Å². The van der Waals surface area contributed by atoms with E-state index in [1.807, 2.05) is 0 Å². The monoisotopic (exact) mass is 231 g/mol. The standard InChI is InChI=1S/C8H13ClF3NO/c1-13(6-4-8(10,11)12)7(14)3-2-5-9/h2-6H2,1H3. The molecular weight excluding hydrogens is 219 g/mol. The lowest BCUT2D eigenvalue weighted by molar-refractivity contribution is -0.144. The number of hydrogen-bond donors (Lipinski definition) is 0. The van der Waals surface area contributed by atoms with Gasteiger partial charge >= 0.3 is 6.18 Å². The summed E-state index contributed by atoms with van der Waals surface area (Å²) in [4.78, 5) is 12.2. The molecule has 84 valence electrons. The molecule has 0 radical (unpaired) electrons. The number of rotatable bonds is 5. The molecular formula is C8H13ClF3NO. The molecule has 0 aliphatic heterocycles. The summed E-state index contributed by atoms with van der Waals surface area (Å²) in [6, 6.07) is 0. The maximum absolute atomic E-state index is 11.8. The zero-order valence-electron chi connectivity index (χ0n) is 7.90. The van der Waals surface area contributed by atoms with Crippen molar-refractivity contribution >= 4 is 17.5 Å². The zero-order valence-corrected chi connectivity index (χ0v) is 8.66. The second kappa shape index (κ2) is 6.11. The molecule has 0 aliphatic rings. The largest absolute Gasteiger partial charge is 0.390 e. The van der Waals surface area contributed by atoms with Gasteiger partial charge in [0.2, 0.25) is 5.91 Å².